The minimum Gasteiger partial charge on any atom is -0.469 e. The summed E-state index contributed by atoms with van der Waals surface area (Å²) in [6, 6.07) is 0. The number of hydrogen-bond acceptors (Lipinski definition) is 3. The van der Waals surface area contributed by atoms with Gasteiger partial charge in [-0.25, -0.2) is 0 Å². The van der Waals surface area contributed by atoms with E-state index in [-0.39, 0.29) is 5.97 Å². The van der Waals surface area contributed by atoms with E-state index in [1.165, 1.54) is 26.4 Å². The monoisotopic (exact) mass is 257 g/mol. The van der Waals surface area contributed by atoms with Crippen LogP contribution in [0, 0.1) is 0 Å². The molecule has 5 nitrogen and oxygen atoms in total. The van der Waals surface area contributed by atoms with Crippen LogP contribution in [0.5, 0.6) is 0 Å². The summed E-state index contributed by atoms with van der Waals surface area (Å²) < 4.78 is 4.58. The molecular formula is C13H27N3O2. The summed E-state index contributed by atoms with van der Waals surface area (Å²) in [7, 11) is 3.19. The average Bonchev–Trinajstić information content (AvgIpc) is 2.40. The summed E-state index contributed by atoms with van der Waals surface area (Å²) >= 11 is 0. The van der Waals surface area contributed by atoms with E-state index in [0.29, 0.717) is 6.42 Å². The maximum absolute atomic E-state index is 10.9. The molecule has 0 aliphatic heterocycles. The molecule has 0 aliphatic carbocycles. The zero-order valence-electron chi connectivity index (χ0n) is 11.9. The number of unbranched alkanes of at least 4 members (excludes halogenated alkanes) is 3. The quantitative estimate of drug-likeness (QED) is 0.285. The third-order valence-corrected chi connectivity index (χ3v) is 2.62. The summed E-state index contributed by atoms with van der Waals surface area (Å²) in [6.45, 7) is 3.97. The number of guanidine groups is 1. The van der Waals surface area contributed by atoms with Crippen molar-refractivity contribution >= 4 is 11.9 Å². The first-order valence-electron chi connectivity index (χ1n) is 6.76. The number of aliphatic imine (C=N–C) groups is 1. The second-order valence-electron chi connectivity index (χ2n) is 4.17. The molecule has 5 heteroatoms. The summed E-state index contributed by atoms with van der Waals surface area (Å²) in [5.41, 5.74) is 0. The highest BCUT2D eigenvalue weighted by Gasteiger charge is 2.00. The Morgan fingerprint density at radius 3 is 2.22 bits per heavy atom. The minimum absolute atomic E-state index is 0.142. The molecule has 0 aromatic heterocycles. The van der Waals surface area contributed by atoms with Crippen molar-refractivity contribution in [3.63, 3.8) is 0 Å². The molecule has 18 heavy (non-hydrogen) atoms. The molecule has 0 bridgehead atoms. The lowest BCUT2D eigenvalue weighted by molar-refractivity contribution is -0.140. The van der Waals surface area contributed by atoms with Crippen molar-refractivity contribution in [3.05, 3.63) is 0 Å². The largest absolute Gasteiger partial charge is 0.469 e. The molecule has 106 valence electrons. The molecule has 0 heterocycles. The van der Waals surface area contributed by atoms with Gasteiger partial charge in [0.15, 0.2) is 5.96 Å². The molecular weight excluding hydrogens is 230 g/mol. The van der Waals surface area contributed by atoms with Crippen LogP contribution in [0.1, 0.15) is 45.4 Å². The van der Waals surface area contributed by atoms with Crippen molar-refractivity contribution in [2.75, 3.05) is 27.2 Å². The normalized spacial score (nSPS) is 11.2. The number of rotatable bonds is 9. The lowest BCUT2D eigenvalue weighted by atomic mass is 10.2. The Morgan fingerprint density at radius 1 is 1.11 bits per heavy atom. The van der Waals surface area contributed by atoms with Gasteiger partial charge < -0.3 is 15.4 Å². The summed E-state index contributed by atoms with van der Waals surface area (Å²) in [4.78, 5) is 15.0. The van der Waals surface area contributed by atoms with Crippen molar-refractivity contribution in [1.29, 1.82) is 0 Å². The first-order chi connectivity index (χ1) is 8.74. The average molecular weight is 257 g/mol. The van der Waals surface area contributed by atoms with Gasteiger partial charge in [0, 0.05) is 26.6 Å². The number of nitrogens with zero attached hydrogens (tertiary/aromatic N) is 1. The molecule has 0 fully saturated rings. The Balaban J connectivity index is 3.48. The topological polar surface area (TPSA) is 62.7 Å². The van der Waals surface area contributed by atoms with Crippen molar-refractivity contribution < 1.29 is 9.53 Å². The standard InChI is InChI=1S/C13H27N3O2/c1-4-5-7-10-15-13(14-2)16-11-8-6-9-12(17)18-3/h4-11H2,1-3H3,(H2,14,15,16). The highest BCUT2D eigenvalue weighted by molar-refractivity contribution is 5.79. The van der Waals surface area contributed by atoms with Crippen LogP contribution >= 0.6 is 0 Å². The third-order valence-electron chi connectivity index (χ3n) is 2.62. The minimum atomic E-state index is -0.142. The first kappa shape index (κ1) is 16.7. The second-order valence-corrected chi connectivity index (χ2v) is 4.17. The molecule has 0 amide bonds. The van der Waals surface area contributed by atoms with Gasteiger partial charge in [-0.1, -0.05) is 19.8 Å². The fraction of sp³-hybridized carbons (Fsp3) is 0.846. The van der Waals surface area contributed by atoms with Crippen LogP contribution in [0.2, 0.25) is 0 Å². The van der Waals surface area contributed by atoms with Gasteiger partial charge in [0.1, 0.15) is 0 Å². The van der Waals surface area contributed by atoms with Crippen molar-refractivity contribution in [3.8, 4) is 0 Å². The number of carbonyl (C=O) groups excluding carboxylic acids is 1. The Hall–Kier alpha value is -1.26. The van der Waals surface area contributed by atoms with E-state index in [2.05, 4.69) is 27.3 Å². The Kier molecular flexibility index (Phi) is 11.3. The summed E-state index contributed by atoms with van der Waals surface area (Å²) in [5, 5.41) is 6.49. The number of ether oxygens (including phenoxy) is 1. The van der Waals surface area contributed by atoms with Crippen molar-refractivity contribution in [2.45, 2.75) is 45.4 Å². The van der Waals surface area contributed by atoms with Gasteiger partial charge in [-0.3, -0.25) is 9.79 Å². The van der Waals surface area contributed by atoms with Gasteiger partial charge in [0.25, 0.3) is 0 Å². The Labute approximate surface area is 110 Å². The zero-order valence-corrected chi connectivity index (χ0v) is 11.9. The summed E-state index contributed by atoms with van der Waals surface area (Å²) in [5.74, 6) is 0.696. The number of hydrogen-bond donors (Lipinski definition) is 2. The van der Waals surface area contributed by atoms with Crippen LogP contribution in [0.4, 0.5) is 0 Å². The molecule has 0 spiro atoms. The van der Waals surface area contributed by atoms with E-state index in [0.717, 1.165) is 31.9 Å². The van der Waals surface area contributed by atoms with E-state index in [1.807, 2.05) is 0 Å². The van der Waals surface area contributed by atoms with Gasteiger partial charge in [0.05, 0.1) is 7.11 Å². The predicted octanol–water partition coefficient (Wildman–Crippen LogP) is 1.68. The van der Waals surface area contributed by atoms with Gasteiger partial charge in [-0.2, -0.15) is 0 Å². The van der Waals surface area contributed by atoms with Crippen LogP contribution < -0.4 is 10.6 Å². The van der Waals surface area contributed by atoms with E-state index >= 15 is 0 Å². The fourth-order valence-electron chi connectivity index (χ4n) is 1.51. The van der Waals surface area contributed by atoms with Gasteiger partial charge in [0.2, 0.25) is 0 Å². The van der Waals surface area contributed by atoms with Gasteiger partial charge >= 0.3 is 5.97 Å². The zero-order chi connectivity index (χ0) is 13.6. The highest BCUT2D eigenvalue weighted by atomic mass is 16.5. The molecule has 0 rings (SSSR count). The van der Waals surface area contributed by atoms with Gasteiger partial charge in [-0.05, 0) is 19.3 Å². The lowest BCUT2D eigenvalue weighted by Gasteiger charge is -2.11. The maximum Gasteiger partial charge on any atom is 0.305 e. The van der Waals surface area contributed by atoms with Crippen LogP contribution in [0.15, 0.2) is 4.99 Å². The lowest BCUT2D eigenvalue weighted by Crippen LogP contribution is -2.38. The second kappa shape index (κ2) is 12.2. The van der Waals surface area contributed by atoms with Crippen LogP contribution in [0.25, 0.3) is 0 Å². The first-order valence-corrected chi connectivity index (χ1v) is 6.76. The van der Waals surface area contributed by atoms with Crippen LogP contribution in [0.3, 0.4) is 0 Å². The molecule has 0 saturated heterocycles. The van der Waals surface area contributed by atoms with E-state index in [4.69, 9.17) is 0 Å². The van der Waals surface area contributed by atoms with Gasteiger partial charge in [-0.15, -0.1) is 0 Å². The van der Waals surface area contributed by atoms with Crippen molar-refractivity contribution in [1.82, 2.24) is 10.6 Å². The highest BCUT2D eigenvalue weighted by Crippen LogP contribution is 1.95. The molecule has 0 saturated carbocycles. The fourth-order valence-corrected chi connectivity index (χ4v) is 1.51. The number of carbonyl (C=O) groups is 1. The van der Waals surface area contributed by atoms with Crippen LogP contribution in [-0.2, 0) is 9.53 Å². The predicted molar refractivity (Wildman–Crippen MR) is 74.8 cm³/mol. The summed E-state index contributed by atoms with van der Waals surface area (Å²) in [6.07, 6.45) is 5.89. The molecule has 0 aromatic carbocycles. The van der Waals surface area contributed by atoms with E-state index < -0.39 is 0 Å². The number of nitrogens with one attached hydrogen (secondary N) is 2. The maximum atomic E-state index is 10.9. The molecule has 0 radical (unpaired) electrons. The molecule has 0 atom stereocenters. The molecule has 0 aliphatic rings. The van der Waals surface area contributed by atoms with Crippen LogP contribution in [-0.4, -0.2) is 39.2 Å². The SMILES string of the molecule is CCCCCNC(=NC)NCCCCC(=O)OC. The Bertz CT molecular complexity index is 242. The third kappa shape index (κ3) is 9.93. The van der Waals surface area contributed by atoms with E-state index in [9.17, 15) is 4.79 Å². The number of esters is 1. The Morgan fingerprint density at radius 2 is 1.72 bits per heavy atom. The molecule has 2 N–H and O–H groups in total. The number of methoxy groups -OCH3 is 1. The molecule has 0 aromatic rings. The molecule has 0 unspecified atom stereocenters. The smallest absolute Gasteiger partial charge is 0.305 e. The van der Waals surface area contributed by atoms with E-state index in [1.54, 1.807) is 7.05 Å². The van der Waals surface area contributed by atoms with Crippen molar-refractivity contribution in [2.24, 2.45) is 4.99 Å².